The van der Waals surface area contributed by atoms with Crippen LogP contribution in [0.5, 0.6) is 0 Å². The SMILES string of the molecule is Nc1ccc(C(=O)Nc2cccc(S(N)(=O)=O)c2)nn1. The molecule has 0 aliphatic carbocycles. The van der Waals surface area contributed by atoms with Crippen LogP contribution in [0, 0.1) is 0 Å². The average molecular weight is 293 g/mol. The number of carbonyl (C=O) groups is 1. The van der Waals surface area contributed by atoms with Gasteiger partial charge in [0, 0.05) is 5.69 Å². The van der Waals surface area contributed by atoms with E-state index in [-0.39, 0.29) is 22.1 Å². The summed E-state index contributed by atoms with van der Waals surface area (Å²) in [5.41, 5.74) is 5.69. The van der Waals surface area contributed by atoms with Crippen molar-refractivity contribution >= 4 is 27.4 Å². The number of benzene rings is 1. The Balaban J connectivity index is 2.22. The van der Waals surface area contributed by atoms with Crippen molar-refractivity contribution in [3.8, 4) is 0 Å². The van der Waals surface area contributed by atoms with Crippen LogP contribution < -0.4 is 16.2 Å². The second-order valence-corrected chi connectivity index (χ2v) is 5.43. The number of nitrogens with one attached hydrogen (secondary N) is 1. The van der Waals surface area contributed by atoms with E-state index in [4.69, 9.17) is 10.9 Å². The van der Waals surface area contributed by atoms with E-state index in [1.165, 1.54) is 36.4 Å². The minimum absolute atomic E-state index is 0.0557. The van der Waals surface area contributed by atoms with Gasteiger partial charge in [-0.15, -0.1) is 10.2 Å². The molecule has 1 aromatic heterocycles. The number of nitrogens with zero attached hydrogens (tertiary/aromatic N) is 2. The Morgan fingerprint density at radius 3 is 2.50 bits per heavy atom. The highest BCUT2D eigenvalue weighted by molar-refractivity contribution is 7.89. The molecule has 0 saturated heterocycles. The number of nitrogens with two attached hydrogens (primary N) is 2. The first kappa shape index (κ1) is 13.9. The Bertz CT molecular complexity index is 743. The van der Waals surface area contributed by atoms with Gasteiger partial charge >= 0.3 is 0 Å². The van der Waals surface area contributed by atoms with Crippen molar-refractivity contribution in [1.29, 1.82) is 0 Å². The molecule has 0 radical (unpaired) electrons. The Kier molecular flexibility index (Phi) is 3.63. The first-order chi connectivity index (χ1) is 9.36. The zero-order chi connectivity index (χ0) is 14.8. The van der Waals surface area contributed by atoms with Crippen LogP contribution in [0.3, 0.4) is 0 Å². The number of sulfonamides is 1. The molecule has 2 rings (SSSR count). The monoisotopic (exact) mass is 293 g/mol. The predicted octanol–water partition coefficient (Wildman–Crippen LogP) is -0.0415. The fraction of sp³-hybridized carbons (Fsp3) is 0. The molecule has 0 atom stereocenters. The van der Waals surface area contributed by atoms with E-state index in [0.29, 0.717) is 0 Å². The van der Waals surface area contributed by atoms with Crippen molar-refractivity contribution in [2.75, 3.05) is 11.1 Å². The second-order valence-electron chi connectivity index (χ2n) is 3.87. The number of nitrogen functional groups attached to an aromatic ring is 1. The minimum Gasteiger partial charge on any atom is -0.382 e. The summed E-state index contributed by atoms with van der Waals surface area (Å²) in [4.78, 5) is 11.8. The predicted molar refractivity (Wildman–Crippen MR) is 72.2 cm³/mol. The molecular weight excluding hydrogens is 282 g/mol. The number of aromatic nitrogens is 2. The van der Waals surface area contributed by atoms with Gasteiger partial charge in [-0.1, -0.05) is 6.07 Å². The van der Waals surface area contributed by atoms with E-state index in [0.717, 1.165) is 0 Å². The molecule has 0 bridgehead atoms. The smallest absolute Gasteiger partial charge is 0.276 e. The van der Waals surface area contributed by atoms with Crippen molar-refractivity contribution in [3.63, 3.8) is 0 Å². The van der Waals surface area contributed by atoms with E-state index in [1.807, 2.05) is 0 Å². The Labute approximate surface area is 114 Å². The molecule has 1 aromatic carbocycles. The molecule has 0 unspecified atom stereocenters. The third-order valence-electron chi connectivity index (χ3n) is 2.34. The van der Waals surface area contributed by atoms with Gasteiger partial charge in [-0.25, -0.2) is 13.6 Å². The number of primary sulfonamides is 1. The van der Waals surface area contributed by atoms with Gasteiger partial charge < -0.3 is 11.1 Å². The second kappa shape index (κ2) is 5.23. The zero-order valence-electron chi connectivity index (χ0n) is 10.1. The lowest BCUT2D eigenvalue weighted by molar-refractivity contribution is 0.102. The molecule has 1 heterocycles. The van der Waals surface area contributed by atoms with Gasteiger partial charge in [0.2, 0.25) is 10.0 Å². The van der Waals surface area contributed by atoms with Crippen molar-refractivity contribution < 1.29 is 13.2 Å². The van der Waals surface area contributed by atoms with E-state index < -0.39 is 15.9 Å². The highest BCUT2D eigenvalue weighted by Crippen LogP contribution is 2.14. The number of rotatable bonds is 3. The summed E-state index contributed by atoms with van der Waals surface area (Å²) in [7, 11) is -3.83. The lowest BCUT2D eigenvalue weighted by Gasteiger charge is -2.06. The first-order valence-corrected chi connectivity index (χ1v) is 6.94. The lowest BCUT2D eigenvalue weighted by Crippen LogP contribution is -2.16. The van der Waals surface area contributed by atoms with Crippen LogP contribution in [0.1, 0.15) is 10.5 Å². The van der Waals surface area contributed by atoms with Gasteiger partial charge in [0.1, 0.15) is 5.82 Å². The molecule has 9 heteroatoms. The van der Waals surface area contributed by atoms with Gasteiger partial charge in [-0.2, -0.15) is 0 Å². The summed E-state index contributed by atoms with van der Waals surface area (Å²) in [6.07, 6.45) is 0. The Morgan fingerprint density at radius 2 is 1.90 bits per heavy atom. The molecule has 0 spiro atoms. The van der Waals surface area contributed by atoms with Crippen molar-refractivity contribution in [2.24, 2.45) is 5.14 Å². The fourth-order valence-electron chi connectivity index (χ4n) is 1.41. The highest BCUT2D eigenvalue weighted by atomic mass is 32.2. The summed E-state index contributed by atoms with van der Waals surface area (Å²) in [5.74, 6) is -0.346. The maximum absolute atomic E-state index is 11.9. The van der Waals surface area contributed by atoms with Crippen LogP contribution in [0.15, 0.2) is 41.3 Å². The minimum atomic E-state index is -3.83. The van der Waals surface area contributed by atoms with E-state index in [9.17, 15) is 13.2 Å². The molecule has 104 valence electrons. The molecule has 0 saturated carbocycles. The molecule has 2 aromatic rings. The average Bonchev–Trinajstić information content (AvgIpc) is 2.38. The quantitative estimate of drug-likeness (QED) is 0.725. The van der Waals surface area contributed by atoms with Gasteiger partial charge in [-0.3, -0.25) is 4.79 Å². The summed E-state index contributed by atoms with van der Waals surface area (Å²) >= 11 is 0. The fourth-order valence-corrected chi connectivity index (χ4v) is 1.97. The normalized spacial score (nSPS) is 11.1. The Morgan fingerprint density at radius 1 is 1.15 bits per heavy atom. The summed E-state index contributed by atoms with van der Waals surface area (Å²) in [6.45, 7) is 0. The maximum Gasteiger partial charge on any atom is 0.276 e. The van der Waals surface area contributed by atoms with Crippen LogP contribution in [-0.4, -0.2) is 24.5 Å². The summed E-state index contributed by atoms with van der Waals surface area (Å²) in [6, 6.07) is 8.40. The van der Waals surface area contributed by atoms with Gasteiger partial charge in [0.25, 0.3) is 5.91 Å². The van der Waals surface area contributed by atoms with Crippen molar-refractivity contribution in [3.05, 3.63) is 42.1 Å². The summed E-state index contributed by atoms with van der Waals surface area (Å²) < 4.78 is 22.4. The molecular formula is C11H11N5O3S. The van der Waals surface area contributed by atoms with Crippen molar-refractivity contribution in [1.82, 2.24) is 10.2 Å². The van der Waals surface area contributed by atoms with Crippen LogP contribution in [0.2, 0.25) is 0 Å². The largest absolute Gasteiger partial charge is 0.382 e. The van der Waals surface area contributed by atoms with Gasteiger partial charge in [0.15, 0.2) is 5.69 Å². The molecule has 0 aliphatic rings. The maximum atomic E-state index is 11.9. The van der Waals surface area contributed by atoms with Crippen molar-refractivity contribution in [2.45, 2.75) is 4.90 Å². The third-order valence-corrected chi connectivity index (χ3v) is 3.25. The molecule has 0 fully saturated rings. The first-order valence-electron chi connectivity index (χ1n) is 5.40. The topological polar surface area (TPSA) is 141 Å². The molecule has 1 amide bonds. The molecule has 20 heavy (non-hydrogen) atoms. The zero-order valence-corrected chi connectivity index (χ0v) is 11.0. The van der Waals surface area contributed by atoms with E-state index in [1.54, 1.807) is 0 Å². The van der Waals surface area contributed by atoms with E-state index >= 15 is 0 Å². The van der Waals surface area contributed by atoms with Gasteiger partial charge in [0.05, 0.1) is 4.90 Å². The molecule has 8 nitrogen and oxygen atoms in total. The number of carbonyl (C=O) groups excluding carboxylic acids is 1. The number of amides is 1. The van der Waals surface area contributed by atoms with E-state index in [2.05, 4.69) is 15.5 Å². The van der Waals surface area contributed by atoms with Crippen LogP contribution in [0.4, 0.5) is 11.5 Å². The molecule has 0 aliphatic heterocycles. The number of hydrogen-bond donors (Lipinski definition) is 3. The summed E-state index contributed by atoms with van der Waals surface area (Å²) in [5, 5.41) is 14.7. The Hall–Kier alpha value is -2.52. The lowest BCUT2D eigenvalue weighted by atomic mass is 10.3. The van der Waals surface area contributed by atoms with Crippen LogP contribution >= 0.6 is 0 Å². The van der Waals surface area contributed by atoms with Crippen LogP contribution in [-0.2, 0) is 10.0 Å². The third kappa shape index (κ3) is 3.28. The number of anilines is 2. The van der Waals surface area contributed by atoms with Gasteiger partial charge in [-0.05, 0) is 30.3 Å². The van der Waals surface area contributed by atoms with Crippen LogP contribution in [0.25, 0.3) is 0 Å². The standard InChI is InChI=1S/C11H11N5O3S/c12-10-5-4-9(15-16-10)11(17)14-7-2-1-3-8(6-7)20(13,18)19/h1-6H,(H2,12,16)(H,14,17)(H2,13,18,19). The highest BCUT2D eigenvalue weighted by Gasteiger charge is 2.11. The molecule has 5 N–H and O–H groups in total. The number of hydrogen-bond acceptors (Lipinski definition) is 6.